The normalized spacial score (nSPS) is 31.0. The molecule has 5 nitrogen and oxygen atoms in total. The summed E-state index contributed by atoms with van der Waals surface area (Å²) in [4.78, 5) is 18.8. The van der Waals surface area contributed by atoms with Crippen LogP contribution in [0.1, 0.15) is 42.6 Å². The minimum Gasteiger partial charge on any atom is -0.380 e. The van der Waals surface area contributed by atoms with Crippen LogP contribution in [0.2, 0.25) is 0 Å². The number of amides is 1. The van der Waals surface area contributed by atoms with E-state index in [-0.39, 0.29) is 17.4 Å². The molecule has 0 bridgehead atoms. The van der Waals surface area contributed by atoms with Crippen LogP contribution in [0.5, 0.6) is 0 Å². The molecule has 4 rings (SSSR count). The quantitative estimate of drug-likeness (QED) is 0.829. The standard InChI is InChI=1S/C17H24N2O3S/c20-16(14-9-23-12-18-14)19-6-4-15-17(10-19,5-1-7-22-15)11-21-8-13-2-3-13/h9,12-13,15H,1-8,10-11H2/t15-,17+/m0/s1. The fraction of sp³-hybridized carbons (Fsp3) is 0.765. The second-order valence-electron chi connectivity index (χ2n) is 7.17. The summed E-state index contributed by atoms with van der Waals surface area (Å²) in [6, 6.07) is 0. The molecule has 3 heterocycles. The van der Waals surface area contributed by atoms with Gasteiger partial charge >= 0.3 is 0 Å². The van der Waals surface area contributed by atoms with Crippen LogP contribution in [-0.2, 0) is 9.47 Å². The first kappa shape index (κ1) is 15.5. The largest absolute Gasteiger partial charge is 0.380 e. The van der Waals surface area contributed by atoms with Crippen LogP contribution in [0, 0.1) is 11.3 Å². The molecule has 1 aliphatic carbocycles. The predicted molar refractivity (Wildman–Crippen MR) is 87.6 cm³/mol. The van der Waals surface area contributed by atoms with E-state index in [1.165, 1.54) is 24.2 Å². The lowest BCUT2D eigenvalue weighted by Gasteiger charge is -2.50. The van der Waals surface area contributed by atoms with Crippen molar-refractivity contribution in [3.8, 4) is 0 Å². The van der Waals surface area contributed by atoms with E-state index in [9.17, 15) is 4.79 Å². The third-order valence-electron chi connectivity index (χ3n) is 5.37. The van der Waals surface area contributed by atoms with Gasteiger partial charge in [0.05, 0.1) is 18.2 Å². The minimum atomic E-state index is -0.0307. The smallest absolute Gasteiger partial charge is 0.273 e. The second kappa shape index (κ2) is 6.49. The third kappa shape index (κ3) is 3.30. The number of hydrogen-bond donors (Lipinski definition) is 0. The van der Waals surface area contributed by atoms with Crippen LogP contribution < -0.4 is 0 Å². The summed E-state index contributed by atoms with van der Waals surface area (Å²) in [6.07, 6.45) is 5.89. The number of thiazole rings is 1. The van der Waals surface area contributed by atoms with E-state index in [2.05, 4.69) is 4.98 Å². The van der Waals surface area contributed by atoms with Gasteiger partial charge < -0.3 is 14.4 Å². The van der Waals surface area contributed by atoms with Crippen molar-refractivity contribution < 1.29 is 14.3 Å². The van der Waals surface area contributed by atoms with Gasteiger partial charge in [-0.25, -0.2) is 4.98 Å². The number of fused-ring (bicyclic) bond motifs is 1. The van der Waals surface area contributed by atoms with Crippen molar-refractivity contribution in [3.05, 3.63) is 16.6 Å². The Bertz CT molecular complexity index is 546. The van der Waals surface area contributed by atoms with Gasteiger partial charge in [-0.1, -0.05) is 0 Å². The Balaban J connectivity index is 1.46. The van der Waals surface area contributed by atoms with E-state index in [1.54, 1.807) is 5.51 Å². The van der Waals surface area contributed by atoms with Crippen molar-refractivity contribution in [2.24, 2.45) is 11.3 Å². The highest BCUT2D eigenvalue weighted by atomic mass is 32.1. The van der Waals surface area contributed by atoms with E-state index in [0.717, 1.165) is 58.1 Å². The number of rotatable bonds is 5. The highest BCUT2D eigenvalue weighted by Crippen LogP contribution is 2.41. The zero-order chi connectivity index (χ0) is 15.7. The lowest BCUT2D eigenvalue weighted by atomic mass is 9.73. The van der Waals surface area contributed by atoms with Gasteiger partial charge in [0.15, 0.2) is 0 Å². The molecule has 2 atom stereocenters. The second-order valence-corrected chi connectivity index (χ2v) is 7.89. The van der Waals surface area contributed by atoms with Crippen molar-refractivity contribution in [1.82, 2.24) is 9.88 Å². The topological polar surface area (TPSA) is 51.7 Å². The molecule has 2 saturated heterocycles. The van der Waals surface area contributed by atoms with Crippen LogP contribution in [0.25, 0.3) is 0 Å². The Morgan fingerprint density at radius 1 is 1.48 bits per heavy atom. The zero-order valence-electron chi connectivity index (χ0n) is 13.4. The molecule has 126 valence electrons. The molecule has 1 saturated carbocycles. The maximum absolute atomic E-state index is 12.7. The molecule has 1 amide bonds. The van der Waals surface area contributed by atoms with Gasteiger partial charge in [-0.15, -0.1) is 11.3 Å². The Kier molecular flexibility index (Phi) is 4.39. The molecule has 0 aromatic carbocycles. The van der Waals surface area contributed by atoms with Crippen LogP contribution >= 0.6 is 11.3 Å². The zero-order valence-corrected chi connectivity index (χ0v) is 14.2. The molecule has 0 unspecified atom stereocenters. The number of aromatic nitrogens is 1. The van der Waals surface area contributed by atoms with Gasteiger partial charge in [-0.05, 0) is 38.0 Å². The number of piperidine rings is 1. The number of hydrogen-bond acceptors (Lipinski definition) is 5. The summed E-state index contributed by atoms with van der Waals surface area (Å²) in [5, 5.41) is 1.84. The molecule has 2 aliphatic heterocycles. The maximum Gasteiger partial charge on any atom is 0.273 e. The van der Waals surface area contributed by atoms with Crippen LogP contribution in [0.3, 0.4) is 0 Å². The summed E-state index contributed by atoms with van der Waals surface area (Å²) >= 11 is 1.47. The number of nitrogens with zero attached hydrogens (tertiary/aromatic N) is 2. The van der Waals surface area contributed by atoms with Gasteiger partial charge in [0, 0.05) is 37.1 Å². The fourth-order valence-corrected chi connectivity index (χ4v) is 4.39. The van der Waals surface area contributed by atoms with Gasteiger partial charge in [0.2, 0.25) is 0 Å². The van der Waals surface area contributed by atoms with E-state index < -0.39 is 0 Å². The molecule has 0 N–H and O–H groups in total. The van der Waals surface area contributed by atoms with Gasteiger partial charge in [-0.2, -0.15) is 0 Å². The molecular weight excluding hydrogens is 312 g/mol. The van der Waals surface area contributed by atoms with Gasteiger partial charge in [0.25, 0.3) is 5.91 Å². The van der Waals surface area contributed by atoms with Gasteiger partial charge in [0.1, 0.15) is 5.69 Å². The molecule has 0 radical (unpaired) electrons. The first-order valence-corrected chi connectivity index (χ1v) is 9.58. The van der Waals surface area contributed by atoms with E-state index in [4.69, 9.17) is 9.47 Å². The van der Waals surface area contributed by atoms with Crippen molar-refractivity contribution in [2.45, 2.75) is 38.2 Å². The number of carbonyl (C=O) groups excluding carboxylic acids is 1. The van der Waals surface area contributed by atoms with Crippen molar-refractivity contribution in [1.29, 1.82) is 0 Å². The summed E-state index contributed by atoms with van der Waals surface area (Å²) in [5.41, 5.74) is 2.26. The molecule has 6 heteroatoms. The average molecular weight is 336 g/mol. The SMILES string of the molecule is O=C(c1cscn1)N1CC[C@@H]2OCCC[C@]2(COCC2CC2)C1. The first-order chi connectivity index (χ1) is 11.3. The summed E-state index contributed by atoms with van der Waals surface area (Å²) < 4.78 is 12.1. The Labute approximate surface area is 141 Å². The van der Waals surface area contributed by atoms with Crippen molar-refractivity contribution in [2.75, 3.05) is 32.9 Å². The Morgan fingerprint density at radius 2 is 2.39 bits per heavy atom. The molecule has 3 aliphatic rings. The summed E-state index contributed by atoms with van der Waals surface area (Å²) in [7, 11) is 0. The molecular formula is C17H24N2O3S. The first-order valence-electron chi connectivity index (χ1n) is 8.64. The van der Waals surface area contributed by atoms with E-state index in [1.807, 2.05) is 10.3 Å². The monoisotopic (exact) mass is 336 g/mol. The Morgan fingerprint density at radius 3 is 3.17 bits per heavy atom. The highest BCUT2D eigenvalue weighted by Gasteiger charge is 2.47. The molecule has 1 aromatic heterocycles. The minimum absolute atomic E-state index is 0.0307. The Hall–Kier alpha value is -0.980. The molecule has 23 heavy (non-hydrogen) atoms. The van der Waals surface area contributed by atoms with E-state index >= 15 is 0 Å². The average Bonchev–Trinajstić information content (AvgIpc) is 3.24. The maximum atomic E-state index is 12.7. The number of likely N-dealkylation sites (tertiary alicyclic amines) is 1. The van der Waals surface area contributed by atoms with Gasteiger partial charge in [-0.3, -0.25) is 4.79 Å². The number of ether oxygens (including phenoxy) is 2. The van der Waals surface area contributed by atoms with Crippen molar-refractivity contribution >= 4 is 17.2 Å². The molecule has 0 spiro atoms. The fourth-order valence-electron chi connectivity index (χ4n) is 3.87. The van der Waals surface area contributed by atoms with Crippen molar-refractivity contribution in [3.63, 3.8) is 0 Å². The number of carbonyl (C=O) groups is 1. The van der Waals surface area contributed by atoms with Crippen LogP contribution in [0.15, 0.2) is 10.9 Å². The molecule has 1 aromatic rings. The lowest BCUT2D eigenvalue weighted by Crippen LogP contribution is -2.58. The lowest BCUT2D eigenvalue weighted by molar-refractivity contribution is -0.147. The van der Waals surface area contributed by atoms with E-state index in [0.29, 0.717) is 5.69 Å². The third-order valence-corrected chi connectivity index (χ3v) is 5.95. The predicted octanol–water partition coefficient (Wildman–Crippen LogP) is 2.58. The highest BCUT2D eigenvalue weighted by molar-refractivity contribution is 7.07. The van der Waals surface area contributed by atoms with Crippen LogP contribution in [0.4, 0.5) is 0 Å². The summed E-state index contributed by atoms with van der Waals surface area (Å²) in [6.45, 7) is 3.92. The van der Waals surface area contributed by atoms with Crippen LogP contribution in [-0.4, -0.2) is 54.8 Å². The molecule has 3 fully saturated rings. The summed E-state index contributed by atoms with van der Waals surface area (Å²) in [5.74, 6) is 0.822.